The Hall–Kier alpha value is -2.42. The minimum absolute atomic E-state index is 0.299. The number of esters is 1. The third kappa shape index (κ3) is 3.23. The third-order valence-corrected chi connectivity index (χ3v) is 5.08. The number of methoxy groups -OCH3 is 2. The molecule has 2 heterocycles. The molecule has 2 aromatic rings. The summed E-state index contributed by atoms with van der Waals surface area (Å²) in [4.78, 5) is 12.5. The Bertz CT molecular complexity index is 779. The van der Waals surface area contributed by atoms with Gasteiger partial charge in [-0.25, -0.2) is 4.68 Å². The summed E-state index contributed by atoms with van der Waals surface area (Å²) in [5.74, 6) is 1.64. The maximum absolute atomic E-state index is 12.5. The second-order valence-corrected chi connectivity index (χ2v) is 6.49. The summed E-state index contributed by atoms with van der Waals surface area (Å²) in [7, 11) is 3.16. The summed E-state index contributed by atoms with van der Waals surface area (Å²) in [5.41, 5.74) is 4.19. The number of benzene rings is 1. The molecule has 0 radical (unpaired) electrons. The molecule has 9 heteroatoms. The van der Waals surface area contributed by atoms with Gasteiger partial charge >= 0.3 is 5.97 Å². The van der Waals surface area contributed by atoms with Crippen LogP contribution in [0.15, 0.2) is 23.4 Å². The summed E-state index contributed by atoms with van der Waals surface area (Å²) < 4.78 is 17.7. The molecule has 0 aliphatic carbocycles. The van der Waals surface area contributed by atoms with Crippen LogP contribution in [0.2, 0.25) is 0 Å². The van der Waals surface area contributed by atoms with Crippen LogP contribution < -0.4 is 14.9 Å². The van der Waals surface area contributed by atoms with Gasteiger partial charge in [0.15, 0.2) is 11.5 Å². The minimum Gasteiger partial charge on any atom is -0.493 e. The lowest BCUT2D eigenvalue weighted by Gasteiger charge is -2.32. The van der Waals surface area contributed by atoms with Crippen molar-refractivity contribution in [3.05, 3.63) is 29.6 Å². The molecule has 0 spiro atoms. The number of carbonyl (C=O) groups excluding carboxylic acids is 1. The Morgan fingerprint density at radius 1 is 1.28 bits per heavy atom. The van der Waals surface area contributed by atoms with Crippen molar-refractivity contribution in [1.82, 2.24) is 14.9 Å². The topological polar surface area (TPSA) is 87.5 Å². The molecule has 0 fully saturated rings. The highest BCUT2D eigenvalue weighted by atomic mass is 32.2. The summed E-state index contributed by atoms with van der Waals surface area (Å²) >= 11 is 1.33. The van der Waals surface area contributed by atoms with Crippen molar-refractivity contribution >= 4 is 17.7 Å². The Kier molecular flexibility index (Phi) is 5.03. The van der Waals surface area contributed by atoms with Gasteiger partial charge in [0.25, 0.3) is 0 Å². The van der Waals surface area contributed by atoms with E-state index in [1.807, 2.05) is 25.1 Å². The lowest BCUT2D eigenvalue weighted by atomic mass is 10.0. The minimum atomic E-state index is -0.492. The van der Waals surface area contributed by atoms with E-state index in [-0.39, 0.29) is 12.0 Å². The summed E-state index contributed by atoms with van der Waals surface area (Å²) in [6, 6.07) is 5.24. The fraction of sp³-hybridized carbons (Fsp3) is 0.438. The van der Waals surface area contributed by atoms with Gasteiger partial charge < -0.3 is 19.6 Å². The highest BCUT2D eigenvalue weighted by molar-refractivity contribution is 8.00. The van der Waals surface area contributed by atoms with Crippen LogP contribution in [0.25, 0.3) is 0 Å². The highest BCUT2D eigenvalue weighted by Gasteiger charge is 2.38. The summed E-state index contributed by atoms with van der Waals surface area (Å²) in [6.45, 7) is 3.96. The van der Waals surface area contributed by atoms with E-state index in [9.17, 15) is 4.79 Å². The zero-order chi connectivity index (χ0) is 18.0. The van der Waals surface area contributed by atoms with Gasteiger partial charge in [0.2, 0.25) is 5.16 Å². The van der Waals surface area contributed by atoms with Gasteiger partial charge in [-0.2, -0.15) is 0 Å². The monoisotopic (exact) mass is 364 g/mol. The van der Waals surface area contributed by atoms with Gasteiger partial charge in [0.05, 0.1) is 26.9 Å². The number of carbonyl (C=O) groups is 1. The number of nitrogens with one attached hydrogen (secondary N) is 1. The van der Waals surface area contributed by atoms with Crippen molar-refractivity contribution < 1.29 is 19.0 Å². The average molecular weight is 364 g/mol. The lowest BCUT2D eigenvalue weighted by Crippen LogP contribution is -2.39. The molecular weight excluding hydrogens is 344 g/mol. The van der Waals surface area contributed by atoms with Crippen LogP contribution in [0.4, 0.5) is 0 Å². The van der Waals surface area contributed by atoms with E-state index in [1.165, 1.54) is 11.8 Å². The van der Waals surface area contributed by atoms with Gasteiger partial charge in [-0.15, -0.1) is 10.2 Å². The van der Waals surface area contributed by atoms with Crippen LogP contribution in [0.5, 0.6) is 11.5 Å². The number of thioether (sulfide) groups is 1. The average Bonchev–Trinajstić information content (AvgIpc) is 3.00. The number of aromatic nitrogens is 3. The molecule has 3 rings (SSSR count). The Morgan fingerprint density at radius 3 is 2.72 bits per heavy atom. The molecule has 1 aliphatic rings. The van der Waals surface area contributed by atoms with Crippen molar-refractivity contribution in [3.8, 4) is 11.5 Å². The molecule has 134 valence electrons. The number of fused-ring (bicyclic) bond motifs is 1. The molecule has 2 unspecified atom stereocenters. The van der Waals surface area contributed by atoms with E-state index in [1.54, 1.807) is 25.8 Å². The Morgan fingerprint density at radius 2 is 2.04 bits per heavy atom. The largest absolute Gasteiger partial charge is 0.493 e. The molecule has 0 saturated carbocycles. The summed E-state index contributed by atoms with van der Waals surface area (Å²) in [5, 5.41) is 8.30. The quantitative estimate of drug-likeness (QED) is 0.805. The zero-order valence-corrected chi connectivity index (χ0v) is 15.3. The van der Waals surface area contributed by atoms with E-state index >= 15 is 0 Å². The number of ether oxygens (including phenoxy) is 3. The smallest absolute Gasteiger partial charge is 0.322 e. The number of nitrogens with zero attached hydrogens (tertiary/aromatic N) is 3. The predicted molar refractivity (Wildman–Crippen MR) is 92.7 cm³/mol. The fourth-order valence-corrected chi connectivity index (χ4v) is 3.78. The van der Waals surface area contributed by atoms with Gasteiger partial charge in [-0.3, -0.25) is 4.79 Å². The number of aryl methyl sites for hydroxylation is 1. The maximum atomic E-state index is 12.5. The molecule has 25 heavy (non-hydrogen) atoms. The van der Waals surface area contributed by atoms with Gasteiger partial charge in [0.1, 0.15) is 11.1 Å². The first-order valence-corrected chi connectivity index (χ1v) is 8.70. The SMILES string of the molecule is CCOC(=O)C1Sc2nnc(C)n2NC1c1ccc(OC)c(OC)c1. The van der Waals surface area contributed by atoms with E-state index < -0.39 is 5.25 Å². The standard InChI is InChI=1S/C16H20N4O4S/c1-5-24-15(21)14-13(19-20-9(2)17-18-16(20)25-14)10-6-7-11(22-3)12(8-10)23-4/h6-8,13-14,19H,5H2,1-4H3. The van der Waals surface area contributed by atoms with E-state index in [0.29, 0.717) is 23.3 Å². The normalized spacial score (nSPS) is 18.9. The number of hydrogen-bond acceptors (Lipinski definition) is 8. The molecule has 0 bridgehead atoms. The molecular formula is C16H20N4O4S. The number of rotatable bonds is 5. The molecule has 1 aromatic carbocycles. The van der Waals surface area contributed by atoms with Crippen LogP contribution in [0.3, 0.4) is 0 Å². The van der Waals surface area contributed by atoms with E-state index in [4.69, 9.17) is 14.2 Å². The van der Waals surface area contributed by atoms with Gasteiger partial charge in [0, 0.05) is 0 Å². The molecule has 1 N–H and O–H groups in total. The first-order valence-electron chi connectivity index (χ1n) is 7.82. The molecule has 0 saturated heterocycles. The first kappa shape index (κ1) is 17.4. The van der Waals surface area contributed by atoms with Crippen molar-refractivity contribution in [3.63, 3.8) is 0 Å². The van der Waals surface area contributed by atoms with Crippen LogP contribution in [0.1, 0.15) is 24.4 Å². The second kappa shape index (κ2) is 7.22. The Balaban J connectivity index is 2.01. The Labute approximate surface area is 149 Å². The predicted octanol–water partition coefficient (Wildman–Crippen LogP) is 1.93. The highest BCUT2D eigenvalue weighted by Crippen LogP contribution is 2.39. The third-order valence-electron chi connectivity index (χ3n) is 3.88. The molecule has 0 amide bonds. The van der Waals surface area contributed by atoms with Crippen LogP contribution in [-0.2, 0) is 9.53 Å². The first-order chi connectivity index (χ1) is 12.1. The van der Waals surface area contributed by atoms with Crippen molar-refractivity contribution in [2.24, 2.45) is 0 Å². The van der Waals surface area contributed by atoms with Crippen molar-refractivity contribution in [2.75, 3.05) is 26.3 Å². The fourth-order valence-electron chi connectivity index (χ4n) is 2.66. The van der Waals surface area contributed by atoms with Gasteiger partial charge in [-0.05, 0) is 31.5 Å². The summed E-state index contributed by atoms with van der Waals surface area (Å²) in [6.07, 6.45) is 0. The molecule has 2 atom stereocenters. The van der Waals surface area contributed by atoms with Crippen molar-refractivity contribution in [1.29, 1.82) is 0 Å². The molecule has 8 nitrogen and oxygen atoms in total. The van der Waals surface area contributed by atoms with Crippen LogP contribution in [0, 0.1) is 6.92 Å². The molecule has 1 aliphatic heterocycles. The van der Waals surface area contributed by atoms with Gasteiger partial charge in [-0.1, -0.05) is 17.8 Å². The van der Waals surface area contributed by atoms with Crippen molar-refractivity contribution in [2.45, 2.75) is 30.3 Å². The lowest BCUT2D eigenvalue weighted by molar-refractivity contribution is -0.142. The molecule has 1 aromatic heterocycles. The second-order valence-electron chi connectivity index (χ2n) is 5.38. The van der Waals surface area contributed by atoms with Crippen LogP contribution >= 0.6 is 11.8 Å². The van der Waals surface area contributed by atoms with Crippen LogP contribution in [-0.4, -0.2) is 46.9 Å². The maximum Gasteiger partial charge on any atom is 0.322 e. The zero-order valence-electron chi connectivity index (χ0n) is 14.5. The van der Waals surface area contributed by atoms with E-state index in [2.05, 4.69) is 15.6 Å². The number of hydrogen-bond donors (Lipinski definition) is 1. The van der Waals surface area contributed by atoms with E-state index in [0.717, 1.165) is 11.4 Å².